The smallest absolute Gasteiger partial charge is 0.165 e. The van der Waals surface area contributed by atoms with Crippen molar-refractivity contribution in [3.05, 3.63) is 105 Å². The maximum Gasteiger partial charge on any atom is 0.165 e. The van der Waals surface area contributed by atoms with Crippen LogP contribution in [0, 0.1) is 61.3 Å². The maximum absolute atomic E-state index is 12.8. The fraction of sp³-hybridized carbons (Fsp3) is 0.529. The molecule has 1 aliphatic heterocycles. The number of aliphatic hydroxyl groups is 1. The summed E-state index contributed by atoms with van der Waals surface area (Å²) >= 11 is 0. The molecule has 0 spiro atoms. The number of nitrogens with zero attached hydrogens (tertiary/aromatic N) is 1. The summed E-state index contributed by atoms with van der Waals surface area (Å²) in [6, 6.07) is 21.3. The Kier molecular flexibility index (Phi) is 13.4. The molecule has 0 fully saturated rings. The van der Waals surface area contributed by atoms with Gasteiger partial charge in [-0.3, -0.25) is 9.78 Å². The minimum absolute atomic E-state index is 0. The molecule has 56 heavy (non-hydrogen) atoms. The summed E-state index contributed by atoms with van der Waals surface area (Å²) in [6.07, 6.45) is 1.54. The molecule has 2 aliphatic rings. The third-order valence-electron chi connectivity index (χ3n) is 14.2. The Morgan fingerprint density at radius 1 is 0.821 bits per heavy atom. The number of aromatic nitrogens is 1. The van der Waals surface area contributed by atoms with Gasteiger partial charge in [-0.05, 0) is 95.9 Å². The topological polar surface area (TPSA) is 59.4 Å². The van der Waals surface area contributed by atoms with E-state index in [1.54, 1.807) is 0 Å². The van der Waals surface area contributed by atoms with Crippen LogP contribution in [0.4, 0.5) is 0 Å². The number of carbonyl (C=O) groups excluding carboxylic acids is 1. The number of hydrogen-bond donors (Lipinski definition) is 1. The molecule has 1 radical (unpaired) electrons. The van der Waals surface area contributed by atoms with Gasteiger partial charge in [-0.1, -0.05) is 127 Å². The Bertz CT molecular complexity index is 2100. The average molecular weight is 935 g/mol. The third-order valence-corrected chi connectivity index (χ3v) is 14.2. The van der Waals surface area contributed by atoms with Crippen LogP contribution >= 0.6 is 0 Å². The first kappa shape index (κ1) is 45.4. The molecule has 0 amide bonds. The first-order chi connectivity index (χ1) is 25.5. The molecule has 2 unspecified atom stereocenters. The van der Waals surface area contributed by atoms with Crippen LogP contribution in [0.1, 0.15) is 154 Å². The van der Waals surface area contributed by atoms with Crippen molar-refractivity contribution in [3.8, 4) is 17.0 Å². The van der Waals surface area contributed by atoms with Gasteiger partial charge in [-0.2, -0.15) is 0 Å². The first-order valence-electron chi connectivity index (χ1n) is 20.7. The van der Waals surface area contributed by atoms with Crippen LogP contribution in [0.25, 0.3) is 22.2 Å². The second-order valence-electron chi connectivity index (χ2n) is 19.3. The van der Waals surface area contributed by atoms with E-state index in [4.69, 9.17) is 9.72 Å². The third kappa shape index (κ3) is 7.69. The molecular weight excluding hydrogens is 867 g/mol. The molecule has 5 heteroatoms. The van der Waals surface area contributed by atoms with Gasteiger partial charge in [-0.15, -0.1) is 29.3 Å². The van der Waals surface area contributed by atoms with Crippen molar-refractivity contribution in [1.82, 2.24) is 4.98 Å². The van der Waals surface area contributed by atoms with E-state index < -0.39 is 5.41 Å². The predicted octanol–water partition coefficient (Wildman–Crippen LogP) is 13.9. The predicted molar refractivity (Wildman–Crippen MR) is 231 cm³/mol. The number of aliphatic hydroxyl groups excluding tert-OH is 1. The van der Waals surface area contributed by atoms with Crippen molar-refractivity contribution in [2.45, 2.75) is 141 Å². The first-order valence-corrected chi connectivity index (χ1v) is 20.7. The normalized spacial score (nSPS) is 17.5. The molecule has 0 saturated heterocycles. The van der Waals surface area contributed by atoms with Gasteiger partial charge in [-0.25, -0.2) is 0 Å². The van der Waals surface area contributed by atoms with Crippen LogP contribution in [0.3, 0.4) is 0 Å². The number of ether oxygens (including phenoxy) is 1. The summed E-state index contributed by atoms with van der Waals surface area (Å²) < 4.78 is 6.61. The van der Waals surface area contributed by atoms with Crippen molar-refractivity contribution in [3.63, 3.8) is 0 Å². The van der Waals surface area contributed by atoms with Crippen molar-refractivity contribution in [1.29, 1.82) is 0 Å². The molecule has 6 rings (SSSR count). The molecule has 1 aromatic heterocycles. The Hall–Kier alpha value is -3.27. The Morgan fingerprint density at radius 3 is 1.95 bits per heavy atom. The zero-order valence-electron chi connectivity index (χ0n) is 37.3. The minimum atomic E-state index is -0.442. The van der Waals surface area contributed by atoms with Gasteiger partial charge in [0.1, 0.15) is 17.6 Å². The van der Waals surface area contributed by atoms with E-state index in [0.29, 0.717) is 5.92 Å². The maximum atomic E-state index is 12.8. The number of allylic oxidation sites excluding steroid dienone is 2. The fourth-order valence-electron chi connectivity index (χ4n) is 9.50. The summed E-state index contributed by atoms with van der Waals surface area (Å²) in [5.41, 5.74) is 11.4. The number of fused-ring (bicyclic) bond motifs is 6. The summed E-state index contributed by atoms with van der Waals surface area (Å²) in [7, 11) is 0. The van der Waals surface area contributed by atoms with Crippen LogP contribution in [0.15, 0.2) is 60.4 Å². The van der Waals surface area contributed by atoms with Gasteiger partial charge in [0, 0.05) is 53.9 Å². The van der Waals surface area contributed by atoms with Crippen LogP contribution in [0.2, 0.25) is 0 Å². The van der Waals surface area contributed by atoms with Gasteiger partial charge in [0.15, 0.2) is 5.78 Å². The molecule has 305 valence electrons. The van der Waals surface area contributed by atoms with Crippen molar-refractivity contribution in [2.75, 3.05) is 0 Å². The van der Waals surface area contributed by atoms with E-state index in [9.17, 15) is 9.90 Å². The van der Waals surface area contributed by atoms with E-state index in [1.807, 2.05) is 13.8 Å². The monoisotopic (exact) mass is 935 g/mol. The second kappa shape index (κ2) is 16.5. The Morgan fingerprint density at radius 2 is 1.39 bits per heavy atom. The number of aryl methyl sites for hydroxylation is 3. The van der Waals surface area contributed by atoms with E-state index in [0.717, 1.165) is 22.5 Å². The van der Waals surface area contributed by atoms with Crippen molar-refractivity contribution < 1.29 is 34.7 Å². The van der Waals surface area contributed by atoms with Gasteiger partial charge >= 0.3 is 0 Å². The van der Waals surface area contributed by atoms with Crippen LogP contribution in [-0.2, 0) is 30.3 Å². The molecule has 3 aromatic carbocycles. The molecule has 0 bridgehead atoms. The molecule has 2 atom stereocenters. The van der Waals surface area contributed by atoms with Crippen molar-refractivity contribution >= 4 is 16.7 Å². The van der Waals surface area contributed by atoms with E-state index in [-0.39, 0.29) is 78.2 Å². The molecule has 1 aliphatic carbocycles. The molecule has 4 aromatic rings. The van der Waals surface area contributed by atoms with E-state index in [2.05, 4.69) is 158 Å². The number of benzene rings is 3. The molecule has 2 heterocycles. The standard InChI is InChI=1S/C32H32NO.C19H36O2.Ir/c1-17(2)21-11-12-27-24(16-21)30-31(34-27)23-10-8-9-22(29(23)32(30,6)7)25-15-20(5)28-19(4)13-18(3)14-26(28)33-25;1-12(2)18(9,13(3)4)16(20)11-17(21)19(10,14(5)6)15(7)8;/h8,10-17,30-31H,1-7H3;11-15,20H,1-10H3;/q-1;;/b;16-11-;. The van der Waals surface area contributed by atoms with Crippen LogP contribution in [0.5, 0.6) is 5.75 Å². The SMILES string of the molecule is CC(C)C(C)(C(=O)/C=C(\O)C(C)(C(C)C)C(C)C)C(C)C.Cc1cc(C)c2c(C)cc(-c3[c-]ccc4c3C(C)(C)C3c5cc(C(C)C)ccc5OC43)nc2c1.[Ir]. The van der Waals surface area contributed by atoms with Crippen molar-refractivity contribution in [2.24, 2.45) is 34.5 Å². The molecular formula is C51H68IrNO3-. The summed E-state index contributed by atoms with van der Waals surface area (Å²) in [4.78, 5) is 18.0. The number of rotatable bonds is 9. The molecule has 0 saturated carbocycles. The molecule has 4 nitrogen and oxygen atoms in total. The average Bonchev–Trinajstić information content (AvgIpc) is 3.59. The summed E-state index contributed by atoms with van der Waals surface area (Å²) in [5, 5.41) is 11.9. The number of pyridine rings is 1. The largest absolute Gasteiger partial charge is 0.512 e. The van der Waals surface area contributed by atoms with E-state index in [1.165, 1.54) is 50.4 Å². The Balaban J connectivity index is 0.000000277. The number of carbonyl (C=O) groups is 1. The number of ketones is 1. The van der Waals surface area contributed by atoms with Crippen LogP contribution < -0.4 is 4.74 Å². The van der Waals surface area contributed by atoms with Gasteiger partial charge in [0.2, 0.25) is 0 Å². The summed E-state index contributed by atoms with van der Waals surface area (Å²) in [5.74, 6) is 3.10. The van der Waals surface area contributed by atoms with Gasteiger partial charge in [0.05, 0.1) is 5.52 Å². The Labute approximate surface area is 352 Å². The van der Waals surface area contributed by atoms with Gasteiger partial charge < -0.3 is 9.84 Å². The summed E-state index contributed by atoms with van der Waals surface area (Å²) in [6.45, 7) is 36.5. The zero-order chi connectivity index (χ0) is 41.1. The van der Waals surface area contributed by atoms with Crippen LogP contribution in [-0.4, -0.2) is 15.9 Å². The van der Waals surface area contributed by atoms with E-state index >= 15 is 0 Å². The number of hydrogen-bond acceptors (Lipinski definition) is 4. The zero-order valence-corrected chi connectivity index (χ0v) is 39.7. The fourth-order valence-corrected chi connectivity index (χ4v) is 9.50. The molecule has 1 N–H and O–H groups in total. The minimum Gasteiger partial charge on any atom is -0.512 e. The second-order valence-corrected chi connectivity index (χ2v) is 19.3. The van der Waals surface area contributed by atoms with Gasteiger partial charge in [0.25, 0.3) is 0 Å². The quantitative estimate of drug-likeness (QED) is 0.103.